The molecule has 3 N–H and O–H groups in total. The number of sulfonamides is 1. The number of rotatable bonds is 2. The number of hydrogen-bond acceptors (Lipinski definition) is 4. The van der Waals surface area contributed by atoms with E-state index in [9.17, 15) is 13.2 Å². The lowest BCUT2D eigenvalue weighted by molar-refractivity contribution is -0.110. The number of aromatic nitrogens is 1. The Bertz CT molecular complexity index is 1170. The third kappa shape index (κ3) is 2.79. The van der Waals surface area contributed by atoms with Gasteiger partial charge in [0.2, 0.25) is 10.0 Å². The Morgan fingerprint density at radius 1 is 1.04 bits per heavy atom. The van der Waals surface area contributed by atoms with Crippen molar-refractivity contribution >= 4 is 44.0 Å². The zero-order valence-electron chi connectivity index (χ0n) is 12.9. The summed E-state index contributed by atoms with van der Waals surface area (Å²) in [4.78, 5) is 16.3. The topological polar surface area (TPSA) is 102 Å². The molecule has 0 fully saturated rings. The molecule has 2 heterocycles. The van der Waals surface area contributed by atoms with Crippen LogP contribution >= 0.6 is 0 Å². The van der Waals surface area contributed by atoms with Crippen molar-refractivity contribution in [1.29, 1.82) is 0 Å². The molecule has 4 rings (SSSR count). The maximum Gasteiger partial charge on any atom is 0.256 e. The summed E-state index contributed by atoms with van der Waals surface area (Å²) >= 11 is 0. The van der Waals surface area contributed by atoms with E-state index in [2.05, 4.69) is 10.3 Å². The van der Waals surface area contributed by atoms with Crippen molar-refractivity contribution in [3.63, 3.8) is 0 Å². The molecule has 25 heavy (non-hydrogen) atoms. The van der Waals surface area contributed by atoms with Gasteiger partial charge in [-0.25, -0.2) is 13.6 Å². The minimum Gasteiger partial charge on any atom is -0.321 e. The second-order valence-corrected chi connectivity index (χ2v) is 7.31. The molecule has 0 atom stereocenters. The quantitative estimate of drug-likeness (QED) is 0.692. The average Bonchev–Trinajstić information content (AvgIpc) is 2.89. The highest BCUT2D eigenvalue weighted by molar-refractivity contribution is 7.89. The van der Waals surface area contributed by atoms with Gasteiger partial charge >= 0.3 is 0 Å². The summed E-state index contributed by atoms with van der Waals surface area (Å²) in [5.41, 5.74) is 2.31. The van der Waals surface area contributed by atoms with Gasteiger partial charge in [0.25, 0.3) is 5.91 Å². The molecule has 0 spiro atoms. The molecule has 1 aliphatic rings. The molecular formula is C18H13N3O3S. The summed E-state index contributed by atoms with van der Waals surface area (Å²) in [6.07, 6.45) is 5.20. The standard InChI is InChI=1S/C18H13N3O3S/c19-25(23,24)14-3-4-17-15(9-14)16(18(22)21-17)8-11-1-2-13-10-20-6-5-12(13)7-11/h1-10H,(H,21,22)(H2,19,23,24)/b16-8+. The van der Waals surface area contributed by atoms with Crippen LogP contribution in [0.15, 0.2) is 59.8 Å². The molecule has 0 saturated carbocycles. The van der Waals surface area contributed by atoms with Crippen molar-refractivity contribution < 1.29 is 13.2 Å². The van der Waals surface area contributed by atoms with Crippen LogP contribution < -0.4 is 10.5 Å². The van der Waals surface area contributed by atoms with Crippen LogP contribution in [0.3, 0.4) is 0 Å². The Morgan fingerprint density at radius 3 is 2.68 bits per heavy atom. The summed E-state index contributed by atoms with van der Waals surface area (Å²) in [6, 6.07) is 12.0. The Labute approximate surface area is 144 Å². The van der Waals surface area contributed by atoms with E-state index in [0.717, 1.165) is 16.3 Å². The Morgan fingerprint density at radius 2 is 1.88 bits per heavy atom. The molecule has 3 aromatic rings. The third-order valence-electron chi connectivity index (χ3n) is 4.08. The van der Waals surface area contributed by atoms with Crippen molar-refractivity contribution in [1.82, 2.24) is 4.98 Å². The van der Waals surface area contributed by atoms with Crippen LogP contribution in [0.4, 0.5) is 5.69 Å². The molecular weight excluding hydrogens is 338 g/mol. The lowest BCUT2D eigenvalue weighted by atomic mass is 10.0. The number of fused-ring (bicyclic) bond motifs is 2. The Kier molecular flexibility index (Phi) is 3.41. The van der Waals surface area contributed by atoms with Crippen molar-refractivity contribution in [2.45, 2.75) is 4.90 Å². The van der Waals surface area contributed by atoms with Crippen molar-refractivity contribution in [2.75, 3.05) is 5.32 Å². The number of nitrogens with zero attached hydrogens (tertiary/aromatic N) is 1. The van der Waals surface area contributed by atoms with Crippen molar-refractivity contribution in [3.8, 4) is 0 Å². The van der Waals surface area contributed by atoms with Gasteiger partial charge in [-0.05, 0) is 47.4 Å². The second kappa shape index (κ2) is 5.51. The van der Waals surface area contributed by atoms with Gasteiger partial charge < -0.3 is 5.32 Å². The summed E-state index contributed by atoms with van der Waals surface area (Å²) in [7, 11) is -3.84. The van der Waals surface area contributed by atoms with Gasteiger partial charge in [0.1, 0.15) is 0 Å². The zero-order valence-corrected chi connectivity index (χ0v) is 13.7. The number of carbonyl (C=O) groups excluding carboxylic acids is 1. The number of carbonyl (C=O) groups is 1. The van der Waals surface area contributed by atoms with Gasteiger partial charge in [0.15, 0.2) is 0 Å². The third-order valence-corrected chi connectivity index (χ3v) is 4.99. The molecule has 7 heteroatoms. The Balaban J connectivity index is 1.85. The predicted molar refractivity (Wildman–Crippen MR) is 96.1 cm³/mol. The number of benzene rings is 2. The highest BCUT2D eigenvalue weighted by Gasteiger charge is 2.25. The van der Waals surface area contributed by atoms with E-state index in [1.807, 2.05) is 24.3 Å². The molecule has 6 nitrogen and oxygen atoms in total. The fraction of sp³-hybridized carbons (Fsp3) is 0. The fourth-order valence-corrected chi connectivity index (χ4v) is 3.39. The number of nitrogens with one attached hydrogen (secondary N) is 1. The van der Waals surface area contributed by atoms with Crippen LogP contribution in [-0.4, -0.2) is 19.3 Å². The minimum atomic E-state index is -3.84. The number of amides is 1. The zero-order chi connectivity index (χ0) is 17.6. The van der Waals surface area contributed by atoms with E-state index >= 15 is 0 Å². The number of pyridine rings is 1. The highest BCUT2D eigenvalue weighted by atomic mass is 32.2. The van der Waals surface area contributed by atoms with E-state index < -0.39 is 10.0 Å². The number of hydrogen-bond donors (Lipinski definition) is 2. The number of nitrogens with two attached hydrogens (primary N) is 1. The lowest BCUT2D eigenvalue weighted by Gasteiger charge is -2.03. The van der Waals surface area contributed by atoms with E-state index in [-0.39, 0.29) is 10.8 Å². The van der Waals surface area contributed by atoms with Gasteiger partial charge in [-0.1, -0.05) is 12.1 Å². The number of anilines is 1. The lowest BCUT2D eigenvalue weighted by Crippen LogP contribution is -2.12. The first-order valence-electron chi connectivity index (χ1n) is 7.46. The largest absolute Gasteiger partial charge is 0.321 e. The molecule has 0 aliphatic carbocycles. The monoisotopic (exact) mass is 351 g/mol. The summed E-state index contributed by atoms with van der Waals surface area (Å²) in [6.45, 7) is 0. The van der Waals surface area contributed by atoms with E-state index in [1.54, 1.807) is 24.5 Å². The SMILES string of the molecule is NS(=O)(=O)c1ccc2c(c1)/C(=C\c1ccc3cnccc3c1)C(=O)N2. The van der Waals surface area contributed by atoms with Gasteiger partial charge in [-0.3, -0.25) is 9.78 Å². The summed E-state index contributed by atoms with van der Waals surface area (Å²) in [5, 5.41) is 9.92. The van der Waals surface area contributed by atoms with Crippen LogP contribution in [0.5, 0.6) is 0 Å². The molecule has 1 aromatic heterocycles. The molecule has 124 valence electrons. The van der Waals surface area contributed by atoms with Gasteiger partial charge in [0.05, 0.1) is 4.90 Å². The normalized spacial score (nSPS) is 15.4. The van der Waals surface area contributed by atoms with Crippen LogP contribution in [0, 0.1) is 0 Å². The van der Waals surface area contributed by atoms with Crippen LogP contribution in [0.25, 0.3) is 22.4 Å². The molecule has 2 aromatic carbocycles. The van der Waals surface area contributed by atoms with Crippen LogP contribution in [0.2, 0.25) is 0 Å². The highest BCUT2D eigenvalue weighted by Crippen LogP contribution is 2.34. The molecule has 0 radical (unpaired) electrons. The number of primary sulfonamides is 1. The second-order valence-electron chi connectivity index (χ2n) is 5.75. The molecule has 0 unspecified atom stereocenters. The van der Waals surface area contributed by atoms with Gasteiger partial charge in [-0.15, -0.1) is 0 Å². The van der Waals surface area contributed by atoms with Gasteiger partial charge in [-0.2, -0.15) is 0 Å². The fourth-order valence-electron chi connectivity index (χ4n) is 2.85. The molecule has 1 amide bonds. The maximum absolute atomic E-state index is 12.3. The summed E-state index contributed by atoms with van der Waals surface area (Å²) in [5.74, 6) is -0.281. The van der Waals surface area contributed by atoms with Gasteiger partial charge in [0, 0.05) is 34.6 Å². The predicted octanol–water partition coefficient (Wildman–Crippen LogP) is 2.37. The molecule has 0 bridgehead atoms. The maximum atomic E-state index is 12.3. The van der Waals surface area contributed by atoms with Crippen LogP contribution in [-0.2, 0) is 14.8 Å². The first-order chi connectivity index (χ1) is 11.9. The smallest absolute Gasteiger partial charge is 0.256 e. The van der Waals surface area contributed by atoms with E-state index in [4.69, 9.17) is 5.14 Å². The average molecular weight is 351 g/mol. The molecule has 0 saturated heterocycles. The van der Waals surface area contributed by atoms with Crippen molar-refractivity contribution in [2.24, 2.45) is 5.14 Å². The minimum absolute atomic E-state index is 0.0294. The van der Waals surface area contributed by atoms with Crippen molar-refractivity contribution in [3.05, 3.63) is 66.0 Å². The first kappa shape index (κ1) is 15.5. The van der Waals surface area contributed by atoms with Crippen LogP contribution in [0.1, 0.15) is 11.1 Å². The Hall–Kier alpha value is -3.03. The summed E-state index contributed by atoms with van der Waals surface area (Å²) < 4.78 is 23.1. The van der Waals surface area contributed by atoms with E-state index in [1.165, 1.54) is 12.1 Å². The molecule has 1 aliphatic heterocycles. The first-order valence-corrected chi connectivity index (χ1v) is 9.00. The van der Waals surface area contributed by atoms with E-state index in [0.29, 0.717) is 16.8 Å².